The molecule has 0 aliphatic carbocycles. The van der Waals surface area contributed by atoms with Crippen molar-refractivity contribution < 1.29 is 19.1 Å². The Bertz CT molecular complexity index is 481. The van der Waals surface area contributed by atoms with Crippen LogP contribution in [0.5, 0.6) is 0 Å². The van der Waals surface area contributed by atoms with E-state index in [9.17, 15) is 9.59 Å². The van der Waals surface area contributed by atoms with Gasteiger partial charge in [0.15, 0.2) is 0 Å². The standard InChI is InChI=1S/C15H19NO4/c1-2-8-20-15(18)11-5-3-6-12(10-11)16-14(17)13-7-4-9-19-13/h3,5-6,10,13H,2,4,7-9H2,1H3,(H,16,17). The monoisotopic (exact) mass is 277 g/mol. The largest absolute Gasteiger partial charge is 0.462 e. The Morgan fingerprint density at radius 3 is 3.00 bits per heavy atom. The summed E-state index contributed by atoms with van der Waals surface area (Å²) >= 11 is 0. The van der Waals surface area contributed by atoms with Gasteiger partial charge in [-0.15, -0.1) is 0 Å². The molecule has 0 aromatic heterocycles. The van der Waals surface area contributed by atoms with Gasteiger partial charge in [0.25, 0.3) is 5.91 Å². The van der Waals surface area contributed by atoms with Crippen LogP contribution in [-0.4, -0.2) is 31.2 Å². The van der Waals surface area contributed by atoms with Gasteiger partial charge >= 0.3 is 5.97 Å². The van der Waals surface area contributed by atoms with Crippen LogP contribution < -0.4 is 5.32 Å². The first kappa shape index (κ1) is 14.5. The zero-order valence-electron chi connectivity index (χ0n) is 11.6. The maximum atomic E-state index is 11.9. The van der Waals surface area contributed by atoms with E-state index in [2.05, 4.69) is 5.32 Å². The zero-order chi connectivity index (χ0) is 14.4. The topological polar surface area (TPSA) is 64.6 Å². The molecule has 1 unspecified atom stereocenters. The maximum absolute atomic E-state index is 11.9. The zero-order valence-corrected chi connectivity index (χ0v) is 11.6. The number of benzene rings is 1. The number of carbonyl (C=O) groups excluding carboxylic acids is 2. The lowest BCUT2D eigenvalue weighted by Gasteiger charge is -2.11. The van der Waals surface area contributed by atoms with Crippen LogP contribution in [-0.2, 0) is 14.3 Å². The summed E-state index contributed by atoms with van der Waals surface area (Å²) in [5.74, 6) is -0.540. The van der Waals surface area contributed by atoms with Crippen molar-refractivity contribution in [3.8, 4) is 0 Å². The first-order valence-electron chi connectivity index (χ1n) is 6.90. The number of anilines is 1. The SMILES string of the molecule is CCCOC(=O)c1cccc(NC(=O)C2CCCO2)c1. The van der Waals surface area contributed by atoms with Crippen LogP contribution in [0, 0.1) is 0 Å². The molecule has 1 aliphatic rings. The molecule has 1 aromatic rings. The maximum Gasteiger partial charge on any atom is 0.338 e. The van der Waals surface area contributed by atoms with Crippen molar-refractivity contribution >= 4 is 17.6 Å². The van der Waals surface area contributed by atoms with Gasteiger partial charge in [0, 0.05) is 12.3 Å². The van der Waals surface area contributed by atoms with Crippen LogP contribution in [0.2, 0.25) is 0 Å². The average molecular weight is 277 g/mol. The van der Waals surface area contributed by atoms with Crippen LogP contribution in [0.25, 0.3) is 0 Å². The van der Waals surface area contributed by atoms with Gasteiger partial charge in [-0.1, -0.05) is 13.0 Å². The Hall–Kier alpha value is -1.88. The van der Waals surface area contributed by atoms with E-state index >= 15 is 0 Å². The predicted octanol–water partition coefficient (Wildman–Crippen LogP) is 2.37. The van der Waals surface area contributed by atoms with Crippen molar-refractivity contribution in [3.63, 3.8) is 0 Å². The molecule has 2 rings (SSSR count). The van der Waals surface area contributed by atoms with E-state index in [1.807, 2.05) is 6.92 Å². The summed E-state index contributed by atoms with van der Waals surface area (Å²) in [4.78, 5) is 23.7. The smallest absolute Gasteiger partial charge is 0.338 e. The van der Waals surface area contributed by atoms with E-state index in [1.165, 1.54) is 0 Å². The molecule has 20 heavy (non-hydrogen) atoms. The minimum Gasteiger partial charge on any atom is -0.462 e. The number of rotatable bonds is 5. The molecule has 0 spiro atoms. The molecule has 5 heteroatoms. The number of hydrogen-bond acceptors (Lipinski definition) is 4. The fourth-order valence-corrected chi connectivity index (χ4v) is 2.01. The molecule has 0 radical (unpaired) electrons. The first-order chi connectivity index (χ1) is 9.70. The number of carbonyl (C=O) groups is 2. The highest BCUT2D eigenvalue weighted by molar-refractivity contribution is 5.96. The predicted molar refractivity (Wildman–Crippen MR) is 74.6 cm³/mol. The minimum atomic E-state index is -0.384. The summed E-state index contributed by atoms with van der Waals surface area (Å²) in [5.41, 5.74) is 1.01. The summed E-state index contributed by atoms with van der Waals surface area (Å²) in [7, 11) is 0. The van der Waals surface area contributed by atoms with E-state index in [4.69, 9.17) is 9.47 Å². The lowest BCUT2D eigenvalue weighted by atomic mass is 10.2. The molecule has 1 fully saturated rings. The molecule has 1 N–H and O–H groups in total. The van der Waals surface area contributed by atoms with Gasteiger partial charge in [-0.25, -0.2) is 4.79 Å². The molecule has 108 valence electrons. The molecular formula is C15H19NO4. The lowest BCUT2D eigenvalue weighted by Crippen LogP contribution is -2.26. The number of ether oxygens (including phenoxy) is 2. The Morgan fingerprint density at radius 1 is 1.45 bits per heavy atom. The summed E-state index contributed by atoms with van der Waals surface area (Å²) in [6.07, 6.45) is 2.04. The van der Waals surface area contributed by atoms with E-state index in [0.717, 1.165) is 19.3 Å². The van der Waals surface area contributed by atoms with Crippen LogP contribution in [0.4, 0.5) is 5.69 Å². The molecule has 1 amide bonds. The van der Waals surface area contributed by atoms with E-state index < -0.39 is 0 Å². The van der Waals surface area contributed by atoms with Crippen LogP contribution >= 0.6 is 0 Å². The lowest BCUT2D eigenvalue weighted by molar-refractivity contribution is -0.124. The highest BCUT2D eigenvalue weighted by Crippen LogP contribution is 2.16. The third kappa shape index (κ3) is 3.81. The van der Waals surface area contributed by atoms with Crippen molar-refractivity contribution in [3.05, 3.63) is 29.8 Å². The molecule has 1 heterocycles. The number of nitrogens with one attached hydrogen (secondary N) is 1. The van der Waals surface area contributed by atoms with Gasteiger partial charge < -0.3 is 14.8 Å². The quantitative estimate of drug-likeness (QED) is 0.839. The second-order valence-electron chi connectivity index (χ2n) is 4.71. The molecule has 1 atom stereocenters. The highest BCUT2D eigenvalue weighted by atomic mass is 16.5. The Balaban J connectivity index is 1.98. The molecular weight excluding hydrogens is 258 g/mol. The molecule has 0 bridgehead atoms. The van der Waals surface area contributed by atoms with Gasteiger partial charge in [0.05, 0.1) is 12.2 Å². The number of hydrogen-bond donors (Lipinski definition) is 1. The fourth-order valence-electron chi connectivity index (χ4n) is 2.01. The van der Waals surface area contributed by atoms with Crippen molar-refractivity contribution in [2.75, 3.05) is 18.5 Å². The van der Waals surface area contributed by atoms with Crippen molar-refractivity contribution in [1.82, 2.24) is 0 Å². The van der Waals surface area contributed by atoms with Crippen LogP contribution in [0.1, 0.15) is 36.5 Å². The molecule has 1 aromatic carbocycles. The Labute approximate surface area is 118 Å². The summed E-state index contributed by atoms with van der Waals surface area (Å²) < 4.78 is 10.4. The molecule has 1 saturated heterocycles. The van der Waals surface area contributed by atoms with Crippen molar-refractivity contribution in [2.45, 2.75) is 32.3 Å². The van der Waals surface area contributed by atoms with Crippen LogP contribution in [0.3, 0.4) is 0 Å². The summed E-state index contributed by atoms with van der Waals surface area (Å²) in [5, 5.41) is 2.76. The van der Waals surface area contributed by atoms with E-state index in [1.54, 1.807) is 24.3 Å². The van der Waals surface area contributed by atoms with Crippen molar-refractivity contribution in [1.29, 1.82) is 0 Å². The minimum absolute atomic E-state index is 0.165. The Morgan fingerprint density at radius 2 is 2.30 bits per heavy atom. The molecule has 5 nitrogen and oxygen atoms in total. The van der Waals surface area contributed by atoms with E-state index in [0.29, 0.717) is 24.5 Å². The average Bonchev–Trinajstić information content (AvgIpc) is 2.99. The van der Waals surface area contributed by atoms with Crippen molar-refractivity contribution in [2.24, 2.45) is 0 Å². The Kier molecular flexibility index (Phi) is 5.12. The van der Waals surface area contributed by atoms with Gasteiger partial charge in [0.2, 0.25) is 0 Å². The summed E-state index contributed by atoms with van der Waals surface area (Å²) in [6, 6.07) is 6.74. The van der Waals surface area contributed by atoms with Gasteiger partial charge in [-0.3, -0.25) is 4.79 Å². The highest BCUT2D eigenvalue weighted by Gasteiger charge is 2.23. The molecule has 1 aliphatic heterocycles. The number of esters is 1. The van der Waals surface area contributed by atoms with Gasteiger partial charge in [-0.2, -0.15) is 0 Å². The second kappa shape index (κ2) is 7.05. The van der Waals surface area contributed by atoms with E-state index in [-0.39, 0.29) is 18.0 Å². The summed E-state index contributed by atoms with van der Waals surface area (Å²) in [6.45, 7) is 2.96. The normalized spacial score (nSPS) is 17.8. The fraction of sp³-hybridized carbons (Fsp3) is 0.467. The number of amides is 1. The molecule has 0 saturated carbocycles. The second-order valence-corrected chi connectivity index (χ2v) is 4.71. The van der Waals surface area contributed by atoms with Gasteiger partial charge in [-0.05, 0) is 37.5 Å². The first-order valence-corrected chi connectivity index (χ1v) is 6.90. The third-order valence-electron chi connectivity index (χ3n) is 3.03. The van der Waals surface area contributed by atoms with Gasteiger partial charge in [0.1, 0.15) is 6.10 Å². The van der Waals surface area contributed by atoms with Crippen LogP contribution in [0.15, 0.2) is 24.3 Å². The third-order valence-corrected chi connectivity index (χ3v) is 3.03.